The fourth-order valence-electron chi connectivity index (χ4n) is 2.25. The van der Waals surface area contributed by atoms with E-state index in [4.69, 9.17) is 10.5 Å². The first-order valence-electron chi connectivity index (χ1n) is 7.67. The third kappa shape index (κ3) is 3.88. The predicted molar refractivity (Wildman–Crippen MR) is 90.4 cm³/mol. The van der Waals surface area contributed by atoms with Gasteiger partial charge in [-0.25, -0.2) is 0 Å². The molecular weight excluding hydrogens is 274 g/mol. The summed E-state index contributed by atoms with van der Waals surface area (Å²) < 4.78 is 5.81. The molecule has 0 saturated carbocycles. The van der Waals surface area contributed by atoms with E-state index in [0.717, 1.165) is 0 Å². The number of carbonyl (C=O) groups is 1. The smallest absolute Gasteiger partial charge is 0.203 e. The topological polar surface area (TPSA) is 52.3 Å². The van der Waals surface area contributed by atoms with Gasteiger partial charge >= 0.3 is 0 Å². The third-order valence-corrected chi connectivity index (χ3v) is 3.68. The number of nitrogen functional groups attached to an aromatic ring is 1. The Labute approximate surface area is 132 Å². The molecule has 1 unspecified atom stereocenters. The van der Waals surface area contributed by atoms with Gasteiger partial charge < -0.3 is 10.5 Å². The van der Waals surface area contributed by atoms with Gasteiger partial charge in [-0.15, -0.1) is 0 Å². The standard InChI is InChI=1S/C19H23NO2/c1-4-18(22-17-11-9-16(20)10-12-17)19(21)15-7-5-14(6-8-15)13(2)3/h5-13,18H,4,20H2,1-3H3. The summed E-state index contributed by atoms with van der Waals surface area (Å²) >= 11 is 0. The van der Waals surface area contributed by atoms with Crippen LogP contribution in [0.15, 0.2) is 48.5 Å². The van der Waals surface area contributed by atoms with Crippen LogP contribution in [0.5, 0.6) is 5.75 Å². The predicted octanol–water partition coefficient (Wildman–Crippen LogP) is 4.43. The number of carbonyl (C=O) groups excluding carboxylic acids is 1. The summed E-state index contributed by atoms with van der Waals surface area (Å²) in [6.45, 7) is 6.22. The molecule has 2 aromatic carbocycles. The average Bonchev–Trinajstić information content (AvgIpc) is 2.53. The number of benzene rings is 2. The summed E-state index contributed by atoms with van der Waals surface area (Å²) in [6, 6.07) is 14.9. The summed E-state index contributed by atoms with van der Waals surface area (Å²) in [6.07, 6.45) is 0.142. The summed E-state index contributed by atoms with van der Waals surface area (Å²) in [5, 5.41) is 0. The van der Waals surface area contributed by atoms with Crippen molar-refractivity contribution in [2.24, 2.45) is 0 Å². The highest BCUT2D eigenvalue weighted by atomic mass is 16.5. The van der Waals surface area contributed by atoms with Crippen molar-refractivity contribution in [2.75, 3.05) is 5.73 Å². The molecule has 0 heterocycles. The van der Waals surface area contributed by atoms with Gasteiger partial charge in [0.05, 0.1) is 0 Å². The molecule has 22 heavy (non-hydrogen) atoms. The van der Waals surface area contributed by atoms with Crippen LogP contribution in [0.3, 0.4) is 0 Å². The van der Waals surface area contributed by atoms with E-state index in [-0.39, 0.29) is 5.78 Å². The molecule has 3 heteroatoms. The molecule has 0 aliphatic heterocycles. The molecule has 0 aliphatic carbocycles. The molecule has 0 amide bonds. The van der Waals surface area contributed by atoms with Crippen LogP contribution >= 0.6 is 0 Å². The Kier molecular flexibility index (Phi) is 5.21. The van der Waals surface area contributed by atoms with E-state index in [1.807, 2.05) is 31.2 Å². The molecule has 2 aromatic rings. The van der Waals surface area contributed by atoms with Crippen LogP contribution in [0.2, 0.25) is 0 Å². The second-order valence-corrected chi connectivity index (χ2v) is 5.72. The zero-order valence-corrected chi connectivity index (χ0v) is 13.4. The van der Waals surface area contributed by atoms with Crippen LogP contribution in [-0.4, -0.2) is 11.9 Å². The van der Waals surface area contributed by atoms with E-state index in [1.54, 1.807) is 24.3 Å². The number of ketones is 1. The van der Waals surface area contributed by atoms with Crippen molar-refractivity contribution < 1.29 is 9.53 Å². The monoisotopic (exact) mass is 297 g/mol. The zero-order valence-electron chi connectivity index (χ0n) is 13.4. The lowest BCUT2D eigenvalue weighted by Gasteiger charge is -2.17. The number of anilines is 1. The fourth-order valence-corrected chi connectivity index (χ4v) is 2.25. The maximum Gasteiger partial charge on any atom is 0.203 e. The Hall–Kier alpha value is -2.29. The number of hydrogen-bond acceptors (Lipinski definition) is 3. The number of nitrogens with two attached hydrogens (primary N) is 1. The van der Waals surface area contributed by atoms with Crippen LogP contribution in [-0.2, 0) is 0 Å². The minimum absolute atomic E-state index is 0.00892. The van der Waals surface area contributed by atoms with Crippen LogP contribution in [0.25, 0.3) is 0 Å². The van der Waals surface area contributed by atoms with E-state index in [2.05, 4.69) is 13.8 Å². The average molecular weight is 297 g/mol. The van der Waals surface area contributed by atoms with Gasteiger partial charge in [-0.3, -0.25) is 4.79 Å². The molecule has 0 bridgehead atoms. The van der Waals surface area contributed by atoms with Crippen LogP contribution in [0.4, 0.5) is 5.69 Å². The van der Waals surface area contributed by atoms with E-state index in [9.17, 15) is 4.79 Å². The zero-order chi connectivity index (χ0) is 16.1. The van der Waals surface area contributed by atoms with Crippen molar-refractivity contribution in [1.82, 2.24) is 0 Å². The maximum absolute atomic E-state index is 12.6. The molecule has 0 radical (unpaired) electrons. The minimum atomic E-state index is -0.478. The Morgan fingerprint density at radius 1 is 1.05 bits per heavy atom. The van der Waals surface area contributed by atoms with Gasteiger partial charge in [0.2, 0.25) is 5.78 Å². The minimum Gasteiger partial charge on any atom is -0.482 e. The van der Waals surface area contributed by atoms with E-state index < -0.39 is 6.10 Å². The molecule has 2 rings (SSSR count). The summed E-state index contributed by atoms with van der Waals surface area (Å²) in [5.74, 6) is 1.12. The normalized spacial score (nSPS) is 12.2. The van der Waals surface area contributed by atoms with Crippen molar-refractivity contribution in [3.8, 4) is 5.75 Å². The lowest BCUT2D eigenvalue weighted by molar-refractivity contribution is 0.0786. The second-order valence-electron chi connectivity index (χ2n) is 5.72. The second kappa shape index (κ2) is 7.12. The van der Waals surface area contributed by atoms with Gasteiger partial charge in [0.1, 0.15) is 5.75 Å². The Bertz CT molecular complexity index is 615. The van der Waals surface area contributed by atoms with Crippen LogP contribution in [0.1, 0.15) is 49.0 Å². The van der Waals surface area contributed by atoms with Crippen LogP contribution < -0.4 is 10.5 Å². The Morgan fingerprint density at radius 2 is 1.64 bits per heavy atom. The highest BCUT2D eigenvalue weighted by molar-refractivity contribution is 5.99. The molecule has 2 N–H and O–H groups in total. The number of Topliss-reactive ketones (excluding diaryl/α,β-unsaturated/α-hetero) is 1. The van der Waals surface area contributed by atoms with Crippen LogP contribution in [0, 0.1) is 0 Å². The molecule has 0 saturated heterocycles. The highest BCUT2D eigenvalue weighted by Gasteiger charge is 2.20. The van der Waals surface area contributed by atoms with Gasteiger partial charge in [-0.05, 0) is 42.2 Å². The van der Waals surface area contributed by atoms with Gasteiger partial charge in [-0.1, -0.05) is 45.0 Å². The van der Waals surface area contributed by atoms with E-state index >= 15 is 0 Å². The van der Waals surface area contributed by atoms with Gasteiger partial charge in [0, 0.05) is 11.3 Å². The van der Waals surface area contributed by atoms with Crippen molar-refractivity contribution in [3.63, 3.8) is 0 Å². The van der Waals surface area contributed by atoms with Gasteiger partial charge in [-0.2, -0.15) is 0 Å². The van der Waals surface area contributed by atoms with Crippen molar-refractivity contribution >= 4 is 11.5 Å². The maximum atomic E-state index is 12.6. The summed E-state index contributed by atoms with van der Waals surface area (Å²) in [5.41, 5.74) is 8.25. The van der Waals surface area contributed by atoms with E-state index in [0.29, 0.717) is 29.3 Å². The Morgan fingerprint density at radius 3 is 2.14 bits per heavy atom. The third-order valence-electron chi connectivity index (χ3n) is 3.68. The number of rotatable bonds is 6. The lowest BCUT2D eigenvalue weighted by Crippen LogP contribution is -2.26. The van der Waals surface area contributed by atoms with Crippen molar-refractivity contribution in [3.05, 3.63) is 59.7 Å². The van der Waals surface area contributed by atoms with Gasteiger partial charge in [0.15, 0.2) is 6.10 Å². The molecule has 3 nitrogen and oxygen atoms in total. The molecular formula is C19H23NO2. The summed E-state index contributed by atoms with van der Waals surface area (Å²) in [7, 11) is 0. The SMILES string of the molecule is CCC(Oc1ccc(N)cc1)C(=O)c1ccc(C(C)C)cc1. The first-order chi connectivity index (χ1) is 10.5. The molecule has 1 atom stereocenters. The largest absolute Gasteiger partial charge is 0.482 e. The molecule has 0 fully saturated rings. The molecule has 0 aromatic heterocycles. The lowest BCUT2D eigenvalue weighted by atomic mass is 9.98. The molecule has 116 valence electrons. The molecule has 0 spiro atoms. The Balaban J connectivity index is 2.12. The quantitative estimate of drug-likeness (QED) is 0.634. The molecule has 0 aliphatic rings. The summed E-state index contributed by atoms with van der Waals surface area (Å²) in [4.78, 5) is 12.6. The fraction of sp³-hybridized carbons (Fsp3) is 0.316. The van der Waals surface area contributed by atoms with E-state index in [1.165, 1.54) is 5.56 Å². The highest BCUT2D eigenvalue weighted by Crippen LogP contribution is 2.20. The first kappa shape index (κ1) is 16.1. The van der Waals surface area contributed by atoms with Crippen molar-refractivity contribution in [1.29, 1.82) is 0 Å². The number of ether oxygens (including phenoxy) is 1. The first-order valence-corrected chi connectivity index (χ1v) is 7.67. The van der Waals surface area contributed by atoms with Gasteiger partial charge in [0.25, 0.3) is 0 Å². The van der Waals surface area contributed by atoms with Crippen molar-refractivity contribution in [2.45, 2.75) is 39.2 Å². The number of hydrogen-bond donors (Lipinski definition) is 1.